The third kappa shape index (κ3) is 4.10. The van der Waals surface area contributed by atoms with Crippen LogP contribution in [0, 0.1) is 5.82 Å². The summed E-state index contributed by atoms with van der Waals surface area (Å²) in [6.07, 6.45) is 3.66. The quantitative estimate of drug-likeness (QED) is 0.772. The van der Waals surface area contributed by atoms with Gasteiger partial charge >= 0.3 is 0 Å². The zero-order chi connectivity index (χ0) is 17.1. The summed E-state index contributed by atoms with van der Waals surface area (Å²) in [7, 11) is 1.82. The molecule has 0 saturated carbocycles. The van der Waals surface area contributed by atoms with E-state index in [1.54, 1.807) is 24.4 Å². The number of benzene rings is 1. The summed E-state index contributed by atoms with van der Waals surface area (Å²) in [5.74, 6) is -0.598. The monoisotopic (exact) mass is 346 g/mol. The maximum absolute atomic E-state index is 13.1. The number of halogens is 2. The molecule has 2 heterocycles. The maximum Gasteiger partial charge on any atom is 0.238 e. The highest BCUT2D eigenvalue weighted by Crippen LogP contribution is 2.13. The molecule has 7 heteroatoms. The molecule has 0 radical (unpaired) electrons. The van der Waals surface area contributed by atoms with Gasteiger partial charge in [0.25, 0.3) is 0 Å². The van der Waals surface area contributed by atoms with Gasteiger partial charge < -0.3 is 9.72 Å². The lowest BCUT2D eigenvalue weighted by Gasteiger charge is -2.14. The van der Waals surface area contributed by atoms with Crippen molar-refractivity contribution in [1.82, 2.24) is 14.3 Å². The lowest BCUT2D eigenvalue weighted by Crippen LogP contribution is -2.29. The van der Waals surface area contributed by atoms with Gasteiger partial charge in [0.15, 0.2) is 0 Å². The van der Waals surface area contributed by atoms with Crippen LogP contribution in [-0.2, 0) is 11.3 Å². The van der Waals surface area contributed by atoms with E-state index in [9.17, 15) is 9.18 Å². The molecule has 0 spiro atoms. The van der Waals surface area contributed by atoms with Crippen LogP contribution in [0.2, 0.25) is 5.02 Å². The highest BCUT2D eigenvalue weighted by atomic mass is 35.5. The summed E-state index contributed by atoms with van der Waals surface area (Å²) >= 11 is 5.95. The standard InChI is InChI=1S/C17H16ClFN4O/c1-22(11-17(24)21-14-4-2-3-13(19)7-14)9-15-10-23-8-12(18)5-6-16(23)20-15/h2-8,10H,9,11H2,1H3,(H,21,24). The number of amides is 1. The number of rotatable bonds is 5. The largest absolute Gasteiger partial charge is 0.325 e. The lowest BCUT2D eigenvalue weighted by atomic mass is 10.3. The number of aromatic nitrogens is 2. The van der Waals surface area contributed by atoms with Crippen molar-refractivity contribution in [2.24, 2.45) is 0 Å². The summed E-state index contributed by atoms with van der Waals surface area (Å²) in [5.41, 5.74) is 2.07. The van der Waals surface area contributed by atoms with Crippen LogP contribution < -0.4 is 5.32 Å². The Morgan fingerprint density at radius 1 is 1.33 bits per heavy atom. The number of carbonyl (C=O) groups is 1. The van der Waals surface area contributed by atoms with E-state index in [4.69, 9.17) is 11.6 Å². The third-order valence-corrected chi connectivity index (χ3v) is 3.64. The highest BCUT2D eigenvalue weighted by Gasteiger charge is 2.10. The molecule has 0 unspecified atom stereocenters. The van der Waals surface area contributed by atoms with Gasteiger partial charge in [-0.3, -0.25) is 9.69 Å². The molecule has 1 aromatic carbocycles. The van der Waals surface area contributed by atoms with E-state index in [-0.39, 0.29) is 18.3 Å². The fourth-order valence-electron chi connectivity index (χ4n) is 2.44. The Hall–Kier alpha value is -2.44. The van der Waals surface area contributed by atoms with Gasteiger partial charge in [-0.05, 0) is 37.4 Å². The average molecular weight is 347 g/mol. The highest BCUT2D eigenvalue weighted by molar-refractivity contribution is 6.30. The Labute approximate surface area is 143 Å². The van der Waals surface area contributed by atoms with Gasteiger partial charge in [-0.2, -0.15) is 0 Å². The first kappa shape index (κ1) is 16.4. The molecule has 0 aliphatic carbocycles. The molecular weight excluding hydrogens is 331 g/mol. The second kappa shape index (κ2) is 6.98. The lowest BCUT2D eigenvalue weighted by molar-refractivity contribution is -0.117. The molecule has 1 amide bonds. The van der Waals surface area contributed by atoms with E-state index in [1.165, 1.54) is 12.1 Å². The Morgan fingerprint density at radius 2 is 2.17 bits per heavy atom. The van der Waals surface area contributed by atoms with Gasteiger partial charge in [0.05, 0.1) is 17.3 Å². The SMILES string of the molecule is CN(CC(=O)Nc1cccc(F)c1)Cc1cn2cc(Cl)ccc2n1. The van der Waals surface area contributed by atoms with E-state index >= 15 is 0 Å². The number of pyridine rings is 1. The number of anilines is 1. The first-order valence-electron chi connectivity index (χ1n) is 7.37. The molecule has 24 heavy (non-hydrogen) atoms. The predicted octanol–water partition coefficient (Wildman–Crippen LogP) is 3.20. The van der Waals surface area contributed by atoms with E-state index in [1.807, 2.05) is 28.6 Å². The Balaban J connectivity index is 1.59. The maximum atomic E-state index is 13.1. The number of nitrogens with one attached hydrogen (secondary N) is 1. The smallest absolute Gasteiger partial charge is 0.238 e. The number of fused-ring (bicyclic) bond motifs is 1. The van der Waals surface area contributed by atoms with Gasteiger partial charge in [0.1, 0.15) is 11.5 Å². The van der Waals surface area contributed by atoms with Crippen LogP contribution in [-0.4, -0.2) is 33.8 Å². The van der Waals surface area contributed by atoms with Crippen molar-refractivity contribution in [2.75, 3.05) is 18.9 Å². The molecule has 0 bridgehead atoms. The van der Waals surface area contributed by atoms with Crippen molar-refractivity contribution in [3.8, 4) is 0 Å². The Kier molecular flexibility index (Phi) is 4.78. The molecule has 0 saturated heterocycles. The first-order chi connectivity index (χ1) is 11.5. The molecule has 0 aliphatic heterocycles. The molecule has 3 aromatic rings. The summed E-state index contributed by atoms with van der Waals surface area (Å²) in [4.78, 5) is 18.3. The minimum absolute atomic E-state index is 0.172. The zero-order valence-electron chi connectivity index (χ0n) is 13.0. The van der Waals surface area contributed by atoms with Gasteiger partial charge in [0, 0.05) is 24.6 Å². The fraction of sp³-hybridized carbons (Fsp3) is 0.176. The van der Waals surface area contributed by atoms with Crippen LogP contribution >= 0.6 is 11.6 Å². The van der Waals surface area contributed by atoms with Crippen LogP contribution in [0.4, 0.5) is 10.1 Å². The average Bonchev–Trinajstić information content (AvgIpc) is 2.87. The molecule has 5 nitrogen and oxygen atoms in total. The minimum atomic E-state index is -0.385. The molecule has 0 fully saturated rings. The van der Waals surface area contributed by atoms with Gasteiger partial charge in [-0.15, -0.1) is 0 Å². The van der Waals surface area contributed by atoms with Crippen LogP contribution in [0.15, 0.2) is 48.8 Å². The summed E-state index contributed by atoms with van der Waals surface area (Å²) in [6, 6.07) is 9.43. The molecule has 1 N–H and O–H groups in total. The van der Waals surface area contributed by atoms with Crippen LogP contribution in [0.5, 0.6) is 0 Å². The predicted molar refractivity (Wildman–Crippen MR) is 91.6 cm³/mol. The van der Waals surface area contributed by atoms with E-state index in [0.29, 0.717) is 17.3 Å². The van der Waals surface area contributed by atoms with Crippen molar-refractivity contribution < 1.29 is 9.18 Å². The Morgan fingerprint density at radius 3 is 2.96 bits per heavy atom. The summed E-state index contributed by atoms with van der Waals surface area (Å²) in [6.45, 7) is 0.682. The normalized spacial score (nSPS) is 11.2. The van der Waals surface area contributed by atoms with Gasteiger partial charge in [0.2, 0.25) is 5.91 Å². The van der Waals surface area contributed by atoms with Gasteiger partial charge in [-0.25, -0.2) is 9.37 Å². The van der Waals surface area contributed by atoms with Crippen LogP contribution in [0.3, 0.4) is 0 Å². The number of hydrogen-bond donors (Lipinski definition) is 1. The minimum Gasteiger partial charge on any atom is -0.325 e. The Bertz CT molecular complexity index is 880. The molecule has 2 aromatic heterocycles. The second-order valence-electron chi connectivity index (χ2n) is 5.58. The number of likely N-dealkylation sites (N-methyl/N-ethyl adjacent to an activating group) is 1. The summed E-state index contributed by atoms with van der Waals surface area (Å²) < 4.78 is 15.0. The number of nitrogens with zero attached hydrogens (tertiary/aromatic N) is 3. The molecular formula is C17H16ClFN4O. The van der Waals surface area contributed by atoms with E-state index in [2.05, 4.69) is 10.3 Å². The van der Waals surface area contributed by atoms with Crippen LogP contribution in [0.1, 0.15) is 5.69 Å². The fourth-order valence-corrected chi connectivity index (χ4v) is 2.61. The van der Waals surface area contributed by atoms with Crippen LogP contribution in [0.25, 0.3) is 5.65 Å². The topological polar surface area (TPSA) is 49.6 Å². The number of hydrogen-bond acceptors (Lipinski definition) is 3. The van der Waals surface area contributed by atoms with Gasteiger partial charge in [-0.1, -0.05) is 17.7 Å². The molecule has 3 rings (SSSR count). The summed E-state index contributed by atoms with van der Waals surface area (Å²) in [5, 5.41) is 3.30. The van der Waals surface area contributed by atoms with Crippen molar-refractivity contribution in [3.05, 3.63) is 65.3 Å². The van der Waals surface area contributed by atoms with Crippen molar-refractivity contribution in [1.29, 1.82) is 0 Å². The van der Waals surface area contributed by atoms with E-state index in [0.717, 1.165) is 11.3 Å². The molecule has 0 atom stereocenters. The number of carbonyl (C=O) groups excluding carboxylic acids is 1. The van der Waals surface area contributed by atoms with E-state index < -0.39 is 0 Å². The third-order valence-electron chi connectivity index (χ3n) is 3.42. The zero-order valence-corrected chi connectivity index (χ0v) is 13.8. The second-order valence-corrected chi connectivity index (χ2v) is 6.01. The molecule has 124 valence electrons. The molecule has 0 aliphatic rings. The first-order valence-corrected chi connectivity index (χ1v) is 7.74. The van der Waals surface area contributed by atoms with Crippen molar-refractivity contribution in [2.45, 2.75) is 6.54 Å². The van der Waals surface area contributed by atoms with Crippen molar-refractivity contribution >= 4 is 28.8 Å². The van der Waals surface area contributed by atoms with Crippen molar-refractivity contribution in [3.63, 3.8) is 0 Å². The number of imidazole rings is 1.